The third kappa shape index (κ3) is 2.59. The molecule has 1 N–H and O–H groups in total. The average Bonchev–Trinajstić information content (AvgIpc) is 2.71. The van der Waals surface area contributed by atoms with Crippen molar-refractivity contribution in [3.05, 3.63) is 30.1 Å². The quantitative estimate of drug-likeness (QED) is 0.915. The molecule has 1 heterocycles. The number of rotatable bonds is 4. The number of hydrogen-bond acceptors (Lipinski definition) is 4. The predicted octanol–water partition coefficient (Wildman–Crippen LogP) is 1.28. The summed E-state index contributed by atoms with van der Waals surface area (Å²) in [7, 11) is -2.92. The Morgan fingerprint density at radius 3 is 2.74 bits per heavy atom. The number of halogens is 1. The molecule has 0 fully saturated rings. The van der Waals surface area contributed by atoms with E-state index < -0.39 is 33.4 Å². The number of benzene rings is 1. The van der Waals surface area contributed by atoms with Crippen LogP contribution in [0.5, 0.6) is 0 Å². The number of hydrogen-bond donors (Lipinski definition) is 1. The molecule has 19 heavy (non-hydrogen) atoms. The summed E-state index contributed by atoms with van der Waals surface area (Å²) < 4.78 is 42.7. The van der Waals surface area contributed by atoms with Crippen LogP contribution in [-0.2, 0) is 14.8 Å². The molecule has 0 aliphatic heterocycles. The molecule has 0 saturated heterocycles. The first-order valence-electron chi connectivity index (χ1n) is 5.18. The van der Waals surface area contributed by atoms with Crippen molar-refractivity contribution in [2.75, 3.05) is 13.6 Å². The van der Waals surface area contributed by atoms with E-state index in [0.29, 0.717) is 9.69 Å². The van der Waals surface area contributed by atoms with Crippen molar-refractivity contribution in [3.63, 3.8) is 0 Å². The van der Waals surface area contributed by atoms with Gasteiger partial charge in [-0.3, -0.25) is 4.79 Å². The van der Waals surface area contributed by atoms with Crippen LogP contribution in [0.4, 0.5) is 4.39 Å². The maximum Gasteiger partial charge on any atom is 0.318 e. The van der Waals surface area contributed by atoms with Gasteiger partial charge in [-0.15, -0.1) is 0 Å². The van der Waals surface area contributed by atoms with Crippen molar-refractivity contribution in [2.24, 2.45) is 0 Å². The minimum atomic E-state index is -4.05. The highest BCUT2D eigenvalue weighted by atomic mass is 32.2. The van der Waals surface area contributed by atoms with E-state index in [1.807, 2.05) is 0 Å². The van der Waals surface area contributed by atoms with Crippen LogP contribution < -0.4 is 0 Å². The highest BCUT2D eigenvalue weighted by Gasteiger charge is 2.26. The van der Waals surface area contributed by atoms with Crippen molar-refractivity contribution in [1.82, 2.24) is 4.31 Å². The minimum absolute atomic E-state index is 0.212. The second-order valence-electron chi connectivity index (χ2n) is 3.90. The van der Waals surface area contributed by atoms with Gasteiger partial charge in [0.05, 0.1) is 0 Å². The zero-order valence-corrected chi connectivity index (χ0v) is 10.6. The van der Waals surface area contributed by atoms with Gasteiger partial charge in [-0.2, -0.15) is 4.31 Å². The van der Waals surface area contributed by atoms with Gasteiger partial charge in [0.15, 0.2) is 0 Å². The minimum Gasteiger partial charge on any atom is -0.480 e. The van der Waals surface area contributed by atoms with Crippen LogP contribution in [0.3, 0.4) is 0 Å². The Balaban J connectivity index is 2.45. The van der Waals surface area contributed by atoms with Crippen LogP contribution in [0, 0.1) is 5.82 Å². The molecule has 0 spiro atoms. The molecule has 0 unspecified atom stereocenters. The number of carboxylic acids is 1. The summed E-state index contributed by atoms with van der Waals surface area (Å²) in [5.41, 5.74) is 0.212. The topological polar surface area (TPSA) is 87.8 Å². The summed E-state index contributed by atoms with van der Waals surface area (Å²) in [6, 6.07) is 4.74. The summed E-state index contributed by atoms with van der Waals surface area (Å²) in [4.78, 5) is 10.5. The first-order chi connectivity index (χ1) is 8.80. The Kier molecular flexibility index (Phi) is 3.29. The van der Waals surface area contributed by atoms with Crippen LogP contribution in [0.15, 0.2) is 33.8 Å². The van der Waals surface area contributed by atoms with Crippen molar-refractivity contribution in [3.8, 4) is 0 Å². The third-order valence-electron chi connectivity index (χ3n) is 2.48. The number of sulfonamides is 1. The third-order valence-corrected chi connectivity index (χ3v) is 4.14. The number of fused-ring (bicyclic) bond motifs is 1. The molecule has 0 bridgehead atoms. The van der Waals surface area contributed by atoms with Crippen LogP contribution in [-0.4, -0.2) is 37.4 Å². The summed E-state index contributed by atoms with van der Waals surface area (Å²) in [6.07, 6.45) is 0. The van der Waals surface area contributed by atoms with Crippen LogP contribution in [0.25, 0.3) is 11.0 Å². The highest BCUT2D eigenvalue weighted by Crippen LogP contribution is 2.25. The van der Waals surface area contributed by atoms with Crippen molar-refractivity contribution in [1.29, 1.82) is 0 Å². The summed E-state index contributed by atoms with van der Waals surface area (Å²) in [5, 5.41) is 8.46. The maximum atomic E-state index is 13.0. The molecule has 8 heteroatoms. The molecule has 0 aliphatic rings. The second-order valence-corrected chi connectivity index (χ2v) is 5.88. The van der Waals surface area contributed by atoms with Crippen molar-refractivity contribution in [2.45, 2.75) is 5.09 Å². The normalized spacial score (nSPS) is 12.2. The smallest absolute Gasteiger partial charge is 0.318 e. The molecule has 102 valence electrons. The lowest BCUT2D eigenvalue weighted by Gasteiger charge is -2.11. The van der Waals surface area contributed by atoms with Crippen LogP contribution in [0.1, 0.15) is 0 Å². The zero-order valence-electron chi connectivity index (χ0n) is 9.83. The number of aliphatic carboxylic acids is 1. The summed E-state index contributed by atoms with van der Waals surface area (Å²) in [6.45, 7) is -0.687. The van der Waals surface area contributed by atoms with E-state index in [0.717, 1.165) is 25.2 Å². The summed E-state index contributed by atoms with van der Waals surface area (Å²) >= 11 is 0. The van der Waals surface area contributed by atoms with Crippen LogP contribution >= 0.6 is 0 Å². The molecule has 0 saturated carbocycles. The molecule has 0 amide bonds. The fraction of sp³-hybridized carbons (Fsp3) is 0.182. The van der Waals surface area contributed by atoms with Crippen LogP contribution in [0.2, 0.25) is 0 Å². The van der Waals surface area contributed by atoms with Gasteiger partial charge in [-0.05, 0) is 18.2 Å². The van der Waals surface area contributed by atoms with Gasteiger partial charge in [0.25, 0.3) is 10.0 Å². The fourth-order valence-corrected chi connectivity index (χ4v) is 2.60. The Bertz CT molecular complexity index is 737. The molecule has 2 aromatic rings. The van der Waals surface area contributed by atoms with Gasteiger partial charge in [-0.1, -0.05) is 0 Å². The van der Waals surface area contributed by atoms with Gasteiger partial charge < -0.3 is 9.52 Å². The monoisotopic (exact) mass is 287 g/mol. The Labute approximate surface area is 108 Å². The van der Waals surface area contributed by atoms with E-state index in [-0.39, 0.29) is 5.58 Å². The molecule has 1 aromatic carbocycles. The Morgan fingerprint density at radius 1 is 1.42 bits per heavy atom. The first-order valence-corrected chi connectivity index (χ1v) is 6.62. The lowest BCUT2D eigenvalue weighted by atomic mass is 10.2. The van der Waals surface area contributed by atoms with Crippen molar-refractivity contribution < 1.29 is 27.1 Å². The number of furan rings is 1. The summed E-state index contributed by atoms with van der Waals surface area (Å²) in [5.74, 6) is -1.80. The second kappa shape index (κ2) is 4.63. The molecular weight excluding hydrogens is 277 g/mol. The van der Waals surface area contributed by atoms with Gasteiger partial charge in [0, 0.05) is 18.5 Å². The standard InChI is InChI=1S/C11H10FNO5S/c1-13(6-10(14)15)19(16,17)11-5-7-4-8(12)2-3-9(7)18-11/h2-5H,6H2,1H3,(H,14,15). The number of carboxylic acid groups (broad SMARTS) is 1. The number of carbonyl (C=O) groups is 1. The molecule has 6 nitrogen and oxygen atoms in total. The van der Waals surface area contributed by atoms with Gasteiger partial charge in [0.2, 0.25) is 5.09 Å². The average molecular weight is 287 g/mol. The molecular formula is C11H10FNO5S. The predicted molar refractivity (Wildman–Crippen MR) is 63.6 cm³/mol. The number of nitrogens with zero attached hydrogens (tertiary/aromatic N) is 1. The van der Waals surface area contributed by atoms with Crippen molar-refractivity contribution >= 4 is 27.0 Å². The maximum absolute atomic E-state index is 13.0. The van der Waals surface area contributed by atoms with E-state index in [2.05, 4.69) is 0 Å². The molecule has 2 rings (SSSR count). The molecule has 0 radical (unpaired) electrons. The SMILES string of the molecule is CN(CC(=O)O)S(=O)(=O)c1cc2cc(F)ccc2o1. The zero-order chi connectivity index (χ0) is 14.2. The number of likely N-dealkylation sites (N-methyl/N-ethyl adjacent to an activating group) is 1. The van der Waals surface area contributed by atoms with E-state index in [9.17, 15) is 17.6 Å². The molecule has 0 aliphatic carbocycles. The lowest BCUT2D eigenvalue weighted by molar-refractivity contribution is -0.137. The van der Waals surface area contributed by atoms with E-state index in [1.165, 1.54) is 6.07 Å². The molecule has 1 aromatic heterocycles. The van der Waals surface area contributed by atoms with E-state index in [1.54, 1.807) is 0 Å². The lowest BCUT2D eigenvalue weighted by Crippen LogP contribution is -2.31. The molecule has 0 atom stereocenters. The van der Waals surface area contributed by atoms with E-state index in [4.69, 9.17) is 9.52 Å². The van der Waals surface area contributed by atoms with E-state index >= 15 is 0 Å². The van der Waals surface area contributed by atoms with Gasteiger partial charge in [0.1, 0.15) is 17.9 Å². The Hall–Kier alpha value is -1.93. The fourth-order valence-electron chi connectivity index (χ4n) is 1.55. The highest BCUT2D eigenvalue weighted by molar-refractivity contribution is 7.89. The van der Waals surface area contributed by atoms with Gasteiger partial charge >= 0.3 is 5.97 Å². The Morgan fingerprint density at radius 2 is 2.11 bits per heavy atom. The largest absolute Gasteiger partial charge is 0.480 e. The first kappa shape index (κ1) is 13.5. The van der Waals surface area contributed by atoms with Gasteiger partial charge in [-0.25, -0.2) is 12.8 Å².